The lowest BCUT2D eigenvalue weighted by atomic mass is 10.6. The largest absolute Gasteiger partial charge is 0.607 e. The molecule has 0 N–H and O–H groups in total. The van der Waals surface area contributed by atoms with Crippen LogP contribution in [0.5, 0.6) is 0 Å². The molecule has 0 aromatic rings. The molecule has 0 saturated heterocycles. The molecule has 0 aromatic carbocycles. The molecule has 4 heteroatoms. The summed E-state index contributed by atoms with van der Waals surface area (Å²) < 4.78 is 11.4. The summed E-state index contributed by atoms with van der Waals surface area (Å²) in [5.41, 5.74) is 0. The standard InChI is InChI=1S/C8H15NO2S/c1-3-9(4-2)8(10)12(11)7-5-6-7/h7H,3-6H2,1-2H3. The van der Waals surface area contributed by atoms with Crippen molar-refractivity contribution in [1.82, 2.24) is 4.90 Å². The minimum atomic E-state index is -1.25. The van der Waals surface area contributed by atoms with Gasteiger partial charge in [0.25, 0.3) is 0 Å². The van der Waals surface area contributed by atoms with Crippen molar-refractivity contribution in [2.75, 3.05) is 13.1 Å². The van der Waals surface area contributed by atoms with E-state index in [-0.39, 0.29) is 10.5 Å². The third-order valence-corrected chi connectivity index (χ3v) is 3.70. The lowest BCUT2D eigenvalue weighted by Gasteiger charge is -2.18. The molecule has 0 radical (unpaired) electrons. The van der Waals surface area contributed by atoms with E-state index in [1.807, 2.05) is 13.8 Å². The van der Waals surface area contributed by atoms with Crippen molar-refractivity contribution in [3.63, 3.8) is 0 Å². The van der Waals surface area contributed by atoms with Crippen LogP contribution in [0.25, 0.3) is 0 Å². The summed E-state index contributed by atoms with van der Waals surface area (Å²) in [5, 5.41) is -0.0133. The van der Waals surface area contributed by atoms with Crippen LogP contribution in [-0.2, 0) is 11.2 Å². The van der Waals surface area contributed by atoms with Crippen molar-refractivity contribution in [2.24, 2.45) is 0 Å². The maximum Gasteiger partial charge on any atom is 0.429 e. The summed E-state index contributed by atoms with van der Waals surface area (Å²) in [5.74, 6) is 0. The maximum absolute atomic E-state index is 11.4. The molecule has 0 aliphatic heterocycles. The van der Waals surface area contributed by atoms with E-state index in [4.69, 9.17) is 0 Å². The van der Waals surface area contributed by atoms with Crippen molar-refractivity contribution in [3.05, 3.63) is 0 Å². The summed E-state index contributed by atoms with van der Waals surface area (Å²) in [4.78, 5) is 13.0. The second-order valence-electron chi connectivity index (χ2n) is 2.93. The minimum absolute atomic E-state index is 0.165. The Labute approximate surface area is 76.3 Å². The van der Waals surface area contributed by atoms with Gasteiger partial charge in [0, 0.05) is 37.1 Å². The Kier molecular flexibility index (Phi) is 3.40. The van der Waals surface area contributed by atoms with Gasteiger partial charge in [-0.05, 0) is 13.8 Å². The molecule has 1 saturated carbocycles. The first-order valence-electron chi connectivity index (χ1n) is 4.40. The van der Waals surface area contributed by atoms with Gasteiger partial charge in [0.2, 0.25) is 0 Å². The van der Waals surface area contributed by atoms with Gasteiger partial charge >= 0.3 is 5.24 Å². The lowest BCUT2D eigenvalue weighted by Crippen LogP contribution is -2.36. The zero-order valence-corrected chi connectivity index (χ0v) is 8.39. The van der Waals surface area contributed by atoms with E-state index in [0.717, 1.165) is 12.8 Å². The lowest BCUT2D eigenvalue weighted by molar-refractivity contribution is 0.225. The third kappa shape index (κ3) is 2.14. The number of carbonyl (C=O) groups excluding carboxylic acids is 1. The Hall–Kier alpha value is -0.220. The molecule has 0 bridgehead atoms. The van der Waals surface area contributed by atoms with Gasteiger partial charge in [-0.3, -0.25) is 4.90 Å². The van der Waals surface area contributed by atoms with Crippen LogP contribution in [0.1, 0.15) is 26.7 Å². The fourth-order valence-corrected chi connectivity index (χ4v) is 2.40. The summed E-state index contributed by atoms with van der Waals surface area (Å²) in [6, 6.07) is 0. The van der Waals surface area contributed by atoms with Crippen LogP contribution >= 0.6 is 0 Å². The fourth-order valence-electron chi connectivity index (χ4n) is 1.03. The molecule has 70 valence electrons. The number of amides is 1. The monoisotopic (exact) mass is 189 g/mol. The van der Waals surface area contributed by atoms with Gasteiger partial charge in [-0.2, -0.15) is 0 Å². The predicted molar refractivity (Wildman–Crippen MR) is 49.5 cm³/mol. The van der Waals surface area contributed by atoms with E-state index in [2.05, 4.69) is 0 Å². The van der Waals surface area contributed by atoms with E-state index in [1.165, 1.54) is 0 Å². The molecule has 1 aliphatic carbocycles. The highest BCUT2D eigenvalue weighted by Crippen LogP contribution is 2.30. The smallest absolute Gasteiger partial charge is 0.429 e. The van der Waals surface area contributed by atoms with Crippen molar-refractivity contribution < 1.29 is 9.35 Å². The molecule has 1 rings (SSSR count). The first-order valence-corrected chi connectivity index (χ1v) is 5.61. The molecule has 0 heterocycles. The summed E-state index contributed by atoms with van der Waals surface area (Å²) in [6.07, 6.45) is 1.92. The second-order valence-corrected chi connectivity index (χ2v) is 4.55. The van der Waals surface area contributed by atoms with Gasteiger partial charge in [0.1, 0.15) is 5.25 Å². The molecule has 1 unspecified atom stereocenters. The fraction of sp³-hybridized carbons (Fsp3) is 0.875. The van der Waals surface area contributed by atoms with Crippen molar-refractivity contribution in [2.45, 2.75) is 31.9 Å². The van der Waals surface area contributed by atoms with E-state index in [9.17, 15) is 9.35 Å². The van der Waals surface area contributed by atoms with Crippen LogP contribution in [0.3, 0.4) is 0 Å². The van der Waals surface area contributed by atoms with Crippen LogP contribution < -0.4 is 0 Å². The van der Waals surface area contributed by atoms with Crippen LogP contribution in [0.4, 0.5) is 4.79 Å². The zero-order chi connectivity index (χ0) is 9.14. The van der Waals surface area contributed by atoms with E-state index in [1.54, 1.807) is 4.90 Å². The number of hydrogen-bond acceptors (Lipinski definition) is 2. The second kappa shape index (κ2) is 4.14. The number of hydrogen-bond donors (Lipinski definition) is 0. The van der Waals surface area contributed by atoms with Crippen LogP contribution in [-0.4, -0.2) is 33.0 Å². The van der Waals surface area contributed by atoms with Gasteiger partial charge in [-0.1, -0.05) is 0 Å². The molecular weight excluding hydrogens is 174 g/mol. The topological polar surface area (TPSA) is 43.4 Å². The Morgan fingerprint density at radius 1 is 1.50 bits per heavy atom. The van der Waals surface area contributed by atoms with Gasteiger partial charge in [-0.15, -0.1) is 0 Å². The Balaban J connectivity index is 2.42. The molecule has 12 heavy (non-hydrogen) atoms. The van der Waals surface area contributed by atoms with Crippen molar-refractivity contribution >= 4 is 16.4 Å². The quantitative estimate of drug-likeness (QED) is 0.629. The average molecular weight is 189 g/mol. The minimum Gasteiger partial charge on any atom is -0.607 e. The van der Waals surface area contributed by atoms with Gasteiger partial charge < -0.3 is 4.55 Å². The Morgan fingerprint density at radius 2 is 2.00 bits per heavy atom. The molecular formula is C8H15NO2S. The first kappa shape index (κ1) is 9.86. The highest BCUT2D eigenvalue weighted by Gasteiger charge is 2.41. The summed E-state index contributed by atoms with van der Waals surface area (Å²) in [6.45, 7) is 5.14. The molecule has 0 spiro atoms. The van der Waals surface area contributed by atoms with E-state index in [0.29, 0.717) is 13.1 Å². The molecule has 1 atom stereocenters. The highest BCUT2D eigenvalue weighted by molar-refractivity contribution is 8.06. The molecule has 1 fully saturated rings. The SMILES string of the molecule is CCN(CC)C(=O)[S+]([O-])C1CC1. The number of carbonyl (C=O) groups is 1. The van der Waals surface area contributed by atoms with Gasteiger partial charge in [0.05, 0.1) is 0 Å². The molecule has 1 amide bonds. The Bertz CT molecular complexity index is 162. The Morgan fingerprint density at radius 3 is 2.33 bits per heavy atom. The summed E-state index contributed by atoms with van der Waals surface area (Å²) in [7, 11) is 0. The average Bonchev–Trinajstić information content (AvgIpc) is 2.87. The molecule has 3 nitrogen and oxygen atoms in total. The van der Waals surface area contributed by atoms with Crippen molar-refractivity contribution in [3.8, 4) is 0 Å². The van der Waals surface area contributed by atoms with Gasteiger partial charge in [-0.25, -0.2) is 4.79 Å². The van der Waals surface area contributed by atoms with Crippen LogP contribution in [0, 0.1) is 0 Å². The molecule has 1 aliphatic rings. The summed E-state index contributed by atoms with van der Waals surface area (Å²) >= 11 is -1.25. The number of nitrogens with zero attached hydrogens (tertiary/aromatic N) is 1. The van der Waals surface area contributed by atoms with Gasteiger partial charge in [0.15, 0.2) is 0 Å². The zero-order valence-electron chi connectivity index (χ0n) is 7.58. The normalized spacial score (nSPS) is 18.9. The van der Waals surface area contributed by atoms with E-state index >= 15 is 0 Å². The predicted octanol–water partition coefficient (Wildman–Crippen LogP) is 1.36. The van der Waals surface area contributed by atoms with Crippen molar-refractivity contribution in [1.29, 1.82) is 0 Å². The van der Waals surface area contributed by atoms with E-state index < -0.39 is 11.2 Å². The maximum atomic E-state index is 11.4. The molecule has 0 aromatic heterocycles. The first-order chi connectivity index (χ1) is 5.70. The highest BCUT2D eigenvalue weighted by atomic mass is 32.2. The third-order valence-electron chi connectivity index (χ3n) is 2.02. The number of rotatable bonds is 3. The van der Waals surface area contributed by atoms with Crippen LogP contribution in [0.2, 0.25) is 0 Å². The van der Waals surface area contributed by atoms with Crippen LogP contribution in [0.15, 0.2) is 0 Å².